The highest BCUT2D eigenvalue weighted by molar-refractivity contribution is 5.28. The topological polar surface area (TPSA) is 28.6 Å². The van der Waals surface area contributed by atoms with Crippen molar-refractivity contribution in [3.05, 3.63) is 23.9 Å². The van der Waals surface area contributed by atoms with Crippen molar-refractivity contribution >= 4 is 0 Å². The van der Waals surface area contributed by atoms with Crippen molar-refractivity contribution in [2.24, 2.45) is 0 Å². The monoisotopic (exact) mass is 279 g/mol. The van der Waals surface area contributed by atoms with Gasteiger partial charge in [0, 0.05) is 36.4 Å². The summed E-state index contributed by atoms with van der Waals surface area (Å²) in [7, 11) is 5.99. The van der Waals surface area contributed by atoms with Crippen molar-refractivity contribution < 1.29 is 4.74 Å². The van der Waals surface area contributed by atoms with Crippen molar-refractivity contribution in [3.8, 4) is 5.88 Å². The van der Waals surface area contributed by atoms with Gasteiger partial charge in [-0.25, -0.2) is 4.98 Å². The molecule has 0 aliphatic rings. The minimum atomic E-state index is 0.204. The summed E-state index contributed by atoms with van der Waals surface area (Å²) >= 11 is 0. The molecule has 4 heteroatoms. The number of hydrogen-bond donors (Lipinski definition) is 0. The third-order valence-corrected chi connectivity index (χ3v) is 4.04. The number of nitrogens with zero attached hydrogens (tertiary/aromatic N) is 3. The molecule has 1 heterocycles. The average Bonchev–Trinajstić information content (AvgIpc) is 2.42. The number of ether oxygens (including phenoxy) is 1. The van der Waals surface area contributed by atoms with E-state index >= 15 is 0 Å². The van der Waals surface area contributed by atoms with E-state index in [-0.39, 0.29) is 11.6 Å². The first-order valence-corrected chi connectivity index (χ1v) is 7.17. The van der Waals surface area contributed by atoms with Gasteiger partial charge in [-0.1, -0.05) is 6.07 Å². The van der Waals surface area contributed by atoms with Crippen LogP contribution in [0.5, 0.6) is 5.88 Å². The summed E-state index contributed by atoms with van der Waals surface area (Å²) in [6, 6.07) is 4.33. The van der Waals surface area contributed by atoms with E-state index < -0.39 is 0 Å². The van der Waals surface area contributed by atoms with Crippen molar-refractivity contribution in [1.82, 2.24) is 14.8 Å². The van der Waals surface area contributed by atoms with Gasteiger partial charge in [-0.05, 0) is 47.9 Å². The van der Waals surface area contributed by atoms with E-state index in [1.54, 1.807) is 13.3 Å². The zero-order chi connectivity index (χ0) is 15.3. The zero-order valence-electron chi connectivity index (χ0n) is 14.0. The fourth-order valence-electron chi connectivity index (χ4n) is 1.97. The van der Waals surface area contributed by atoms with Crippen molar-refractivity contribution in [3.63, 3.8) is 0 Å². The van der Waals surface area contributed by atoms with Gasteiger partial charge < -0.3 is 9.64 Å². The lowest BCUT2D eigenvalue weighted by molar-refractivity contribution is 0.141. The molecule has 114 valence electrons. The molecule has 20 heavy (non-hydrogen) atoms. The molecule has 1 atom stereocenters. The first-order valence-electron chi connectivity index (χ1n) is 7.17. The smallest absolute Gasteiger partial charge is 0.217 e. The predicted octanol–water partition coefficient (Wildman–Crippen LogP) is 2.81. The Morgan fingerprint density at radius 3 is 2.45 bits per heavy atom. The van der Waals surface area contributed by atoms with E-state index in [0.29, 0.717) is 0 Å². The van der Waals surface area contributed by atoms with Gasteiger partial charge in [-0.3, -0.25) is 4.90 Å². The minimum absolute atomic E-state index is 0.204. The summed E-state index contributed by atoms with van der Waals surface area (Å²) in [4.78, 5) is 8.98. The molecule has 0 amide bonds. The third kappa shape index (κ3) is 4.46. The second-order valence-corrected chi connectivity index (χ2v) is 6.35. The quantitative estimate of drug-likeness (QED) is 0.800. The average molecular weight is 279 g/mol. The number of aromatic nitrogens is 1. The molecule has 4 nitrogen and oxygen atoms in total. The maximum atomic E-state index is 5.35. The summed E-state index contributed by atoms with van der Waals surface area (Å²) in [5.41, 5.74) is 1.34. The zero-order valence-corrected chi connectivity index (χ0v) is 14.0. The van der Waals surface area contributed by atoms with E-state index in [1.165, 1.54) is 0 Å². The van der Waals surface area contributed by atoms with Crippen LogP contribution in [0.3, 0.4) is 0 Å². The Hall–Kier alpha value is -1.13. The minimum Gasteiger partial charge on any atom is -0.481 e. The molecule has 0 aliphatic heterocycles. The summed E-state index contributed by atoms with van der Waals surface area (Å²) in [5.74, 6) is 0.719. The largest absolute Gasteiger partial charge is 0.481 e. The van der Waals surface area contributed by atoms with Crippen LogP contribution in [-0.4, -0.2) is 54.6 Å². The first kappa shape index (κ1) is 16.9. The maximum Gasteiger partial charge on any atom is 0.217 e. The van der Waals surface area contributed by atoms with E-state index in [9.17, 15) is 0 Å². The lowest BCUT2D eigenvalue weighted by atomic mass is 10.1. The highest BCUT2D eigenvalue weighted by atomic mass is 16.5. The van der Waals surface area contributed by atoms with Crippen LogP contribution in [0.15, 0.2) is 18.3 Å². The molecule has 0 bridgehead atoms. The Bertz CT molecular complexity index is 414. The third-order valence-electron chi connectivity index (χ3n) is 4.04. The van der Waals surface area contributed by atoms with Gasteiger partial charge in [0.2, 0.25) is 5.88 Å². The van der Waals surface area contributed by atoms with Gasteiger partial charge in [-0.2, -0.15) is 0 Å². The molecule has 0 radical (unpaired) electrons. The molecule has 0 spiro atoms. The van der Waals surface area contributed by atoms with Crippen molar-refractivity contribution in [2.45, 2.75) is 39.3 Å². The molecule has 0 aliphatic carbocycles. The normalized spacial score (nSPS) is 13.8. The lowest BCUT2D eigenvalue weighted by Crippen LogP contribution is -2.42. The van der Waals surface area contributed by atoms with Crippen molar-refractivity contribution in [1.29, 1.82) is 0 Å². The predicted molar refractivity (Wildman–Crippen MR) is 84.2 cm³/mol. The molecule has 1 aromatic heterocycles. The Labute approximate surface area is 123 Å². The fourth-order valence-corrected chi connectivity index (χ4v) is 1.97. The Balaban J connectivity index is 2.65. The van der Waals surface area contributed by atoms with E-state index in [2.05, 4.69) is 62.6 Å². The standard InChI is InChI=1S/C16H29N3O/c1-13(14-9-8-10-17-15(14)20-7)18(5)11-12-19(6)16(2,3)4/h8-10,13H,11-12H2,1-7H3/t13-/m1/s1. The number of pyridine rings is 1. The van der Waals surface area contributed by atoms with Crippen LogP contribution in [0.1, 0.15) is 39.3 Å². The second kappa shape index (κ2) is 7.04. The van der Waals surface area contributed by atoms with Crippen LogP contribution in [0, 0.1) is 0 Å². The Morgan fingerprint density at radius 1 is 1.25 bits per heavy atom. The molecular weight excluding hydrogens is 250 g/mol. The Morgan fingerprint density at radius 2 is 1.90 bits per heavy atom. The van der Waals surface area contributed by atoms with Crippen LogP contribution in [0.4, 0.5) is 0 Å². The molecule has 0 saturated carbocycles. The van der Waals surface area contributed by atoms with Crippen LogP contribution in [0.25, 0.3) is 0 Å². The molecule has 0 unspecified atom stereocenters. The van der Waals surface area contributed by atoms with Gasteiger partial charge in [-0.15, -0.1) is 0 Å². The summed E-state index contributed by atoms with van der Waals surface area (Å²) in [5, 5.41) is 0. The number of hydrogen-bond acceptors (Lipinski definition) is 4. The summed E-state index contributed by atoms with van der Waals surface area (Å²) in [6.07, 6.45) is 1.77. The van der Waals surface area contributed by atoms with Crippen molar-refractivity contribution in [2.75, 3.05) is 34.3 Å². The van der Waals surface area contributed by atoms with Crippen LogP contribution >= 0.6 is 0 Å². The lowest BCUT2D eigenvalue weighted by Gasteiger charge is -2.34. The number of methoxy groups -OCH3 is 1. The Kier molecular flexibility index (Phi) is 5.96. The van der Waals surface area contributed by atoms with E-state index in [0.717, 1.165) is 24.5 Å². The molecule has 0 N–H and O–H groups in total. The first-order chi connectivity index (χ1) is 9.27. The molecule has 1 aromatic rings. The van der Waals surface area contributed by atoms with Gasteiger partial charge in [0.1, 0.15) is 0 Å². The number of likely N-dealkylation sites (N-methyl/N-ethyl adjacent to an activating group) is 2. The molecule has 0 aromatic carbocycles. The van der Waals surface area contributed by atoms with Crippen LogP contribution in [0.2, 0.25) is 0 Å². The molecular formula is C16H29N3O. The van der Waals surface area contributed by atoms with Gasteiger partial charge in [0.25, 0.3) is 0 Å². The summed E-state index contributed by atoms with van der Waals surface area (Å²) < 4.78 is 5.35. The maximum absolute atomic E-state index is 5.35. The molecule has 1 rings (SSSR count). The second-order valence-electron chi connectivity index (χ2n) is 6.35. The van der Waals surface area contributed by atoms with Gasteiger partial charge in [0.15, 0.2) is 0 Å². The van der Waals surface area contributed by atoms with Crippen LogP contribution < -0.4 is 4.74 Å². The SMILES string of the molecule is COc1ncccc1[C@@H](C)N(C)CCN(C)C(C)(C)C. The van der Waals surface area contributed by atoms with Gasteiger partial charge in [0.05, 0.1) is 7.11 Å². The highest BCUT2D eigenvalue weighted by Gasteiger charge is 2.20. The van der Waals surface area contributed by atoms with Gasteiger partial charge >= 0.3 is 0 Å². The highest BCUT2D eigenvalue weighted by Crippen LogP contribution is 2.26. The van der Waals surface area contributed by atoms with Crippen LogP contribution in [-0.2, 0) is 0 Å². The fraction of sp³-hybridized carbons (Fsp3) is 0.688. The van der Waals surface area contributed by atoms with E-state index in [1.807, 2.05) is 6.07 Å². The number of rotatable bonds is 6. The van der Waals surface area contributed by atoms with E-state index in [4.69, 9.17) is 4.74 Å². The molecule has 0 fully saturated rings. The summed E-state index contributed by atoms with van der Waals surface area (Å²) in [6.45, 7) is 10.9. The molecule has 0 saturated heterocycles.